The van der Waals surface area contributed by atoms with Crippen molar-refractivity contribution in [3.8, 4) is 0 Å². The average Bonchev–Trinajstić information content (AvgIpc) is 3.31. The lowest BCUT2D eigenvalue weighted by Gasteiger charge is -2.21. The lowest BCUT2D eigenvalue weighted by Crippen LogP contribution is -2.24. The van der Waals surface area contributed by atoms with Crippen molar-refractivity contribution in [1.29, 1.82) is 0 Å². The molecule has 0 N–H and O–H groups in total. The number of epoxide rings is 2. The fourth-order valence-corrected chi connectivity index (χ4v) is 3.68. The van der Waals surface area contributed by atoms with E-state index < -0.39 is 0 Å². The van der Waals surface area contributed by atoms with Gasteiger partial charge in [-0.2, -0.15) is 0 Å². The topological polar surface area (TPSA) is 43.5 Å². The van der Waals surface area contributed by atoms with Gasteiger partial charge in [0.15, 0.2) is 0 Å². The van der Waals surface area contributed by atoms with E-state index in [1.54, 1.807) is 0 Å². The maximum absolute atomic E-state index is 5.87. The van der Waals surface area contributed by atoms with E-state index in [1.807, 2.05) is 0 Å². The monoisotopic (exact) mass is 268 g/mol. The molecule has 2 saturated heterocycles. The highest BCUT2D eigenvalue weighted by Gasteiger charge is 2.44. The van der Waals surface area contributed by atoms with Crippen LogP contribution in [0.5, 0.6) is 0 Å². The van der Waals surface area contributed by atoms with Gasteiger partial charge in [-0.3, -0.25) is 0 Å². The van der Waals surface area contributed by atoms with Gasteiger partial charge in [0.1, 0.15) is 0 Å². The standard InChI is InChI=1S/C15H24O4/c1-3-12-14(18-12)7-10(1)9-16-5-6-17-11-2-4-13-15(8-11)19-13/h10-15H,1-9H2. The molecule has 6 unspecified atom stereocenters. The summed E-state index contributed by atoms with van der Waals surface area (Å²) in [6.07, 6.45) is 9.77. The van der Waals surface area contributed by atoms with Crippen molar-refractivity contribution in [1.82, 2.24) is 0 Å². The molecule has 4 nitrogen and oxygen atoms in total. The third-order valence-corrected chi connectivity index (χ3v) is 5.00. The van der Waals surface area contributed by atoms with Gasteiger partial charge in [-0.25, -0.2) is 0 Å². The van der Waals surface area contributed by atoms with E-state index in [4.69, 9.17) is 18.9 Å². The van der Waals surface area contributed by atoms with E-state index in [1.165, 1.54) is 25.7 Å². The van der Waals surface area contributed by atoms with Crippen LogP contribution in [0.2, 0.25) is 0 Å². The molecule has 2 aliphatic carbocycles. The Morgan fingerprint density at radius 3 is 2.37 bits per heavy atom. The predicted molar refractivity (Wildman–Crippen MR) is 69.1 cm³/mol. The van der Waals surface area contributed by atoms with E-state index >= 15 is 0 Å². The van der Waals surface area contributed by atoms with Crippen LogP contribution in [-0.4, -0.2) is 50.3 Å². The molecule has 0 aromatic heterocycles. The number of hydrogen-bond acceptors (Lipinski definition) is 4. The van der Waals surface area contributed by atoms with Crippen LogP contribution in [0.4, 0.5) is 0 Å². The van der Waals surface area contributed by atoms with Crippen molar-refractivity contribution >= 4 is 0 Å². The predicted octanol–water partition coefficient (Wildman–Crippen LogP) is 1.91. The van der Waals surface area contributed by atoms with Crippen LogP contribution in [0.3, 0.4) is 0 Å². The summed E-state index contributed by atoms with van der Waals surface area (Å²) in [7, 11) is 0. The smallest absolute Gasteiger partial charge is 0.0866 e. The Bertz CT molecular complexity index is 291. The maximum atomic E-state index is 5.87. The second-order valence-electron chi connectivity index (χ2n) is 6.49. The van der Waals surface area contributed by atoms with Crippen molar-refractivity contribution in [2.45, 2.75) is 69.0 Å². The van der Waals surface area contributed by atoms with Crippen LogP contribution in [0, 0.1) is 5.92 Å². The number of ether oxygens (including phenoxy) is 4. The Hall–Kier alpha value is -0.160. The number of rotatable bonds is 6. The summed E-state index contributed by atoms with van der Waals surface area (Å²) in [5.74, 6) is 0.707. The van der Waals surface area contributed by atoms with Crippen molar-refractivity contribution in [3.05, 3.63) is 0 Å². The third kappa shape index (κ3) is 3.13. The molecule has 0 aromatic carbocycles. The highest BCUT2D eigenvalue weighted by molar-refractivity contribution is 4.92. The van der Waals surface area contributed by atoms with Gasteiger partial charge in [-0.15, -0.1) is 0 Å². The van der Waals surface area contributed by atoms with Crippen LogP contribution in [-0.2, 0) is 18.9 Å². The van der Waals surface area contributed by atoms with Gasteiger partial charge in [0.2, 0.25) is 0 Å². The molecule has 6 atom stereocenters. The lowest BCUT2D eigenvalue weighted by molar-refractivity contribution is -0.0154. The SMILES string of the molecule is C(COC1CCC2OC2C1)OCC1CCC2OC2C1. The van der Waals surface area contributed by atoms with Crippen LogP contribution in [0.15, 0.2) is 0 Å². The molecule has 19 heavy (non-hydrogen) atoms. The molecule has 2 saturated carbocycles. The molecule has 4 rings (SSSR count). The van der Waals surface area contributed by atoms with Crippen molar-refractivity contribution in [2.24, 2.45) is 5.92 Å². The fraction of sp³-hybridized carbons (Fsp3) is 1.00. The zero-order chi connectivity index (χ0) is 12.7. The second kappa shape index (κ2) is 5.32. The molecule has 0 aromatic rings. The summed E-state index contributed by atoms with van der Waals surface area (Å²) in [5, 5.41) is 0. The average molecular weight is 268 g/mol. The van der Waals surface area contributed by atoms with Crippen LogP contribution >= 0.6 is 0 Å². The molecule has 0 amide bonds. The summed E-state index contributed by atoms with van der Waals surface area (Å²) < 4.78 is 22.7. The van der Waals surface area contributed by atoms with E-state index in [-0.39, 0.29) is 0 Å². The second-order valence-corrected chi connectivity index (χ2v) is 6.49. The molecular weight excluding hydrogens is 244 g/mol. The molecule has 4 aliphatic rings. The fourth-order valence-electron chi connectivity index (χ4n) is 3.68. The minimum Gasteiger partial charge on any atom is -0.379 e. The van der Waals surface area contributed by atoms with Crippen molar-refractivity contribution in [2.75, 3.05) is 19.8 Å². The van der Waals surface area contributed by atoms with Gasteiger partial charge >= 0.3 is 0 Å². The first-order valence-electron chi connectivity index (χ1n) is 7.89. The normalized spacial score (nSPS) is 47.4. The zero-order valence-electron chi connectivity index (χ0n) is 11.5. The number of hydrogen-bond donors (Lipinski definition) is 0. The number of fused-ring (bicyclic) bond motifs is 2. The third-order valence-electron chi connectivity index (χ3n) is 5.00. The Balaban J connectivity index is 1.05. The first-order chi connectivity index (χ1) is 9.38. The summed E-state index contributed by atoms with van der Waals surface area (Å²) in [6, 6.07) is 0. The van der Waals surface area contributed by atoms with E-state index in [0.29, 0.717) is 36.4 Å². The highest BCUT2D eigenvalue weighted by Crippen LogP contribution is 2.39. The zero-order valence-corrected chi connectivity index (χ0v) is 11.5. The maximum Gasteiger partial charge on any atom is 0.0866 e. The molecule has 2 heterocycles. The van der Waals surface area contributed by atoms with Crippen LogP contribution in [0.1, 0.15) is 38.5 Å². The molecule has 4 fully saturated rings. The van der Waals surface area contributed by atoms with E-state index in [9.17, 15) is 0 Å². The molecular formula is C15H24O4. The molecule has 0 bridgehead atoms. The van der Waals surface area contributed by atoms with Gasteiger partial charge in [0.25, 0.3) is 0 Å². The first-order valence-corrected chi connectivity index (χ1v) is 7.89. The first kappa shape index (κ1) is 12.6. The van der Waals surface area contributed by atoms with Crippen molar-refractivity contribution < 1.29 is 18.9 Å². The highest BCUT2D eigenvalue weighted by atomic mass is 16.6. The Morgan fingerprint density at radius 2 is 1.58 bits per heavy atom. The summed E-state index contributed by atoms with van der Waals surface area (Å²) in [5.41, 5.74) is 0. The molecule has 0 radical (unpaired) electrons. The lowest BCUT2D eigenvalue weighted by atomic mass is 9.90. The van der Waals surface area contributed by atoms with Gasteiger partial charge < -0.3 is 18.9 Å². The summed E-state index contributed by atoms with van der Waals surface area (Å²) in [6.45, 7) is 2.35. The largest absolute Gasteiger partial charge is 0.379 e. The summed E-state index contributed by atoms with van der Waals surface area (Å²) >= 11 is 0. The quantitative estimate of drug-likeness (QED) is 0.545. The summed E-state index contributed by atoms with van der Waals surface area (Å²) in [4.78, 5) is 0. The van der Waals surface area contributed by atoms with Gasteiger partial charge in [-0.1, -0.05) is 0 Å². The minimum absolute atomic E-state index is 0.405. The van der Waals surface area contributed by atoms with E-state index in [0.717, 1.165) is 32.7 Å². The van der Waals surface area contributed by atoms with Gasteiger partial charge in [-0.05, 0) is 38.0 Å². The van der Waals surface area contributed by atoms with Gasteiger partial charge in [0, 0.05) is 13.0 Å². The Morgan fingerprint density at radius 1 is 0.789 bits per heavy atom. The van der Waals surface area contributed by atoms with Crippen LogP contribution < -0.4 is 0 Å². The Kier molecular flexibility index (Phi) is 3.52. The molecule has 4 heteroatoms. The molecule has 0 spiro atoms. The Labute approximate surface area is 114 Å². The minimum atomic E-state index is 0.405. The molecule has 2 aliphatic heterocycles. The molecule has 108 valence electrons. The van der Waals surface area contributed by atoms with Gasteiger partial charge in [0.05, 0.1) is 43.7 Å². The van der Waals surface area contributed by atoms with E-state index in [2.05, 4.69) is 0 Å². The van der Waals surface area contributed by atoms with Crippen molar-refractivity contribution in [3.63, 3.8) is 0 Å². The van der Waals surface area contributed by atoms with Crippen LogP contribution in [0.25, 0.3) is 0 Å².